The van der Waals surface area contributed by atoms with E-state index in [2.05, 4.69) is 11.7 Å². The highest BCUT2D eigenvalue weighted by atomic mass is 33.1. The molecule has 4 N–H and O–H groups in total. The van der Waals surface area contributed by atoms with Crippen molar-refractivity contribution in [3.8, 4) is 0 Å². The zero-order chi connectivity index (χ0) is 13.3. The third-order valence-corrected chi connectivity index (χ3v) is 3.40. The standard InChI is InChI=1S/C11H25N3OS2/c1-9(12)3-6-14(7-4-10(2)13)11(15)5-8-17-16/h9-10,16H,3-8,12-13H2,1-2H3. The molecule has 0 aromatic heterocycles. The maximum Gasteiger partial charge on any atom is 0.223 e. The van der Waals surface area contributed by atoms with Crippen molar-refractivity contribution in [2.75, 3.05) is 18.8 Å². The highest BCUT2D eigenvalue weighted by molar-refractivity contribution is 8.68. The van der Waals surface area contributed by atoms with Crippen LogP contribution in [-0.4, -0.2) is 41.7 Å². The van der Waals surface area contributed by atoms with Crippen LogP contribution in [-0.2, 0) is 4.79 Å². The van der Waals surface area contributed by atoms with Gasteiger partial charge in [0, 0.05) is 37.3 Å². The third kappa shape index (κ3) is 9.76. The second kappa shape index (κ2) is 10.1. The van der Waals surface area contributed by atoms with Crippen LogP contribution in [0.3, 0.4) is 0 Å². The molecule has 0 aliphatic rings. The average Bonchev–Trinajstić information content (AvgIpc) is 2.25. The summed E-state index contributed by atoms with van der Waals surface area (Å²) in [6.45, 7) is 5.36. The first kappa shape index (κ1) is 17.1. The monoisotopic (exact) mass is 279 g/mol. The molecule has 17 heavy (non-hydrogen) atoms. The lowest BCUT2D eigenvalue weighted by Crippen LogP contribution is -2.37. The molecule has 2 unspecified atom stereocenters. The summed E-state index contributed by atoms with van der Waals surface area (Å²) in [5.41, 5.74) is 11.4. The van der Waals surface area contributed by atoms with E-state index in [0.29, 0.717) is 6.42 Å². The van der Waals surface area contributed by atoms with Gasteiger partial charge in [0.15, 0.2) is 0 Å². The van der Waals surface area contributed by atoms with E-state index in [9.17, 15) is 4.79 Å². The Kier molecular flexibility index (Phi) is 10.1. The predicted molar refractivity (Wildman–Crippen MR) is 79.2 cm³/mol. The van der Waals surface area contributed by atoms with Gasteiger partial charge >= 0.3 is 0 Å². The van der Waals surface area contributed by atoms with Crippen LogP contribution >= 0.6 is 22.5 Å². The summed E-state index contributed by atoms with van der Waals surface area (Å²) in [7, 11) is 1.39. The number of rotatable bonds is 9. The summed E-state index contributed by atoms with van der Waals surface area (Å²) in [5, 5.41) is 0. The van der Waals surface area contributed by atoms with Crippen LogP contribution in [0.5, 0.6) is 0 Å². The molecule has 4 nitrogen and oxygen atoms in total. The van der Waals surface area contributed by atoms with Crippen LogP contribution in [0, 0.1) is 0 Å². The molecule has 0 fully saturated rings. The van der Waals surface area contributed by atoms with Crippen LogP contribution < -0.4 is 11.5 Å². The number of carbonyl (C=O) groups excluding carboxylic acids is 1. The van der Waals surface area contributed by atoms with E-state index in [0.717, 1.165) is 31.7 Å². The van der Waals surface area contributed by atoms with Gasteiger partial charge in [0.25, 0.3) is 0 Å². The smallest absolute Gasteiger partial charge is 0.223 e. The topological polar surface area (TPSA) is 72.3 Å². The van der Waals surface area contributed by atoms with Crippen LogP contribution in [0.2, 0.25) is 0 Å². The molecule has 0 aliphatic carbocycles. The van der Waals surface area contributed by atoms with Gasteiger partial charge in [-0.05, 0) is 26.7 Å². The highest BCUT2D eigenvalue weighted by Gasteiger charge is 2.13. The fourth-order valence-corrected chi connectivity index (χ4v) is 1.91. The third-order valence-electron chi connectivity index (χ3n) is 2.47. The van der Waals surface area contributed by atoms with E-state index < -0.39 is 0 Å². The number of nitrogens with zero attached hydrogens (tertiary/aromatic N) is 1. The van der Waals surface area contributed by atoms with Crippen molar-refractivity contribution in [1.82, 2.24) is 4.90 Å². The molecule has 6 heteroatoms. The summed E-state index contributed by atoms with van der Waals surface area (Å²) in [4.78, 5) is 13.8. The molecular formula is C11H25N3OS2. The van der Waals surface area contributed by atoms with Gasteiger partial charge in [-0.1, -0.05) is 10.8 Å². The zero-order valence-corrected chi connectivity index (χ0v) is 12.5. The summed E-state index contributed by atoms with van der Waals surface area (Å²) in [6.07, 6.45) is 2.20. The van der Waals surface area contributed by atoms with Crippen molar-refractivity contribution in [3.05, 3.63) is 0 Å². The first-order chi connectivity index (χ1) is 7.97. The summed E-state index contributed by atoms with van der Waals surface area (Å²) >= 11 is 4.04. The molecule has 102 valence electrons. The number of hydrogen-bond acceptors (Lipinski definition) is 5. The minimum absolute atomic E-state index is 0.125. The number of carbonyl (C=O) groups is 1. The zero-order valence-electron chi connectivity index (χ0n) is 10.8. The SMILES string of the molecule is CC(N)CCN(CCC(C)N)C(=O)CCSS. The Morgan fingerprint density at radius 1 is 1.24 bits per heavy atom. The Morgan fingerprint density at radius 3 is 2.06 bits per heavy atom. The number of nitrogens with two attached hydrogens (primary N) is 2. The first-order valence-electron chi connectivity index (χ1n) is 6.02. The van der Waals surface area contributed by atoms with Crippen LogP contribution in [0.25, 0.3) is 0 Å². The van der Waals surface area contributed by atoms with Crippen molar-refractivity contribution in [2.45, 2.75) is 45.2 Å². The molecule has 1 amide bonds. The van der Waals surface area contributed by atoms with Crippen LogP contribution in [0.4, 0.5) is 0 Å². The molecule has 0 aliphatic heterocycles. The van der Waals surface area contributed by atoms with E-state index in [-0.39, 0.29) is 18.0 Å². The van der Waals surface area contributed by atoms with Gasteiger partial charge in [-0.2, -0.15) is 0 Å². The molecule has 2 atom stereocenters. The van der Waals surface area contributed by atoms with Gasteiger partial charge in [0.05, 0.1) is 0 Å². The van der Waals surface area contributed by atoms with Gasteiger partial charge < -0.3 is 16.4 Å². The second-order valence-electron chi connectivity index (χ2n) is 4.50. The van der Waals surface area contributed by atoms with Gasteiger partial charge in [-0.25, -0.2) is 0 Å². The second-order valence-corrected chi connectivity index (χ2v) is 5.94. The molecule has 0 radical (unpaired) electrons. The van der Waals surface area contributed by atoms with Gasteiger partial charge in [0.1, 0.15) is 0 Å². The normalized spacial score (nSPS) is 14.4. The van der Waals surface area contributed by atoms with Crippen molar-refractivity contribution >= 4 is 28.4 Å². The van der Waals surface area contributed by atoms with E-state index in [4.69, 9.17) is 11.5 Å². The van der Waals surface area contributed by atoms with Gasteiger partial charge in [0.2, 0.25) is 5.91 Å². The Bertz CT molecular complexity index is 201. The van der Waals surface area contributed by atoms with Gasteiger partial charge in [-0.3, -0.25) is 4.79 Å². The number of thiol groups is 1. The lowest BCUT2D eigenvalue weighted by atomic mass is 10.2. The molecule has 0 saturated heterocycles. The lowest BCUT2D eigenvalue weighted by Gasteiger charge is -2.24. The quantitative estimate of drug-likeness (QED) is 0.439. The Hall–Kier alpha value is 0.0900. The van der Waals surface area contributed by atoms with Crippen LogP contribution in [0.1, 0.15) is 33.1 Å². The fraction of sp³-hybridized carbons (Fsp3) is 0.909. The number of hydrogen-bond donors (Lipinski definition) is 3. The van der Waals surface area contributed by atoms with Crippen molar-refractivity contribution in [1.29, 1.82) is 0 Å². The maximum atomic E-state index is 11.9. The molecule has 0 aromatic carbocycles. The molecule has 0 saturated carbocycles. The molecular weight excluding hydrogens is 254 g/mol. The fourth-order valence-electron chi connectivity index (χ4n) is 1.37. The summed E-state index contributed by atoms with van der Waals surface area (Å²) in [5.74, 6) is 0.919. The average molecular weight is 279 g/mol. The van der Waals surface area contributed by atoms with E-state index in [1.54, 1.807) is 0 Å². The maximum absolute atomic E-state index is 11.9. The van der Waals surface area contributed by atoms with E-state index in [1.165, 1.54) is 10.8 Å². The van der Waals surface area contributed by atoms with Crippen molar-refractivity contribution < 1.29 is 4.79 Å². The first-order valence-corrected chi connectivity index (χ1v) is 8.06. The molecule has 0 bridgehead atoms. The lowest BCUT2D eigenvalue weighted by molar-refractivity contribution is -0.130. The highest BCUT2D eigenvalue weighted by Crippen LogP contribution is 2.09. The summed E-state index contributed by atoms with van der Waals surface area (Å²) < 4.78 is 0. The van der Waals surface area contributed by atoms with Gasteiger partial charge in [-0.15, -0.1) is 11.7 Å². The van der Waals surface area contributed by atoms with E-state index in [1.807, 2.05) is 18.7 Å². The Morgan fingerprint density at radius 2 is 1.71 bits per heavy atom. The van der Waals surface area contributed by atoms with Crippen LogP contribution in [0.15, 0.2) is 0 Å². The molecule has 0 rings (SSSR count). The minimum atomic E-state index is 0.125. The number of amides is 1. The Labute approximate surface area is 114 Å². The molecule has 0 spiro atoms. The molecule has 0 aromatic rings. The summed E-state index contributed by atoms with van der Waals surface area (Å²) in [6, 6.07) is 0.250. The predicted octanol–water partition coefficient (Wildman–Crippen LogP) is 1.26. The Balaban J connectivity index is 4.12. The molecule has 0 heterocycles. The van der Waals surface area contributed by atoms with Crippen molar-refractivity contribution in [2.24, 2.45) is 11.5 Å². The minimum Gasteiger partial charge on any atom is -0.343 e. The van der Waals surface area contributed by atoms with E-state index >= 15 is 0 Å². The van der Waals surface area contributed by atoms with Crippen molar-refractivity contribution in [3.63, 3.8) is 0 Å². The largest absolute Gasteiger partial charge is 0.343 e.